The summed E-state index contributed by atoms with van der Waals surface area (Å²) in [4.78, 5) is 10.5. The molecule has 0 aliphatic carbocycles. The highest BCUT2D eigenvalue weighted by atomic mass is 15.1. The minimum absolute atomic E-state index is 0.685. The van der Waals surface area contributed by atoms with Crippen molar-refractivity contribution in [2.75, 3.05) is 0 Å². The maximum absolute atomic E-state index is 5.26. The van der Waals surface area contributed by atoms with Crippen molar-refractivity contribution in [1.29, 1.82) is 0 Å². The zero-order valence-corrected chi connectivity index (χ0v) is 30.8. The molecule has 5 heteroatoms. The van der Waals surface area contributed by atoms with Gasteiger partial charge in [0.05, 0.1) is 38.8 Å². The van der Waals surface area contributed by atoms with Crippen LogP contribution in [0.2, 0.25) is 0 Å². The molecule has 0 bridgehead atoms. The number of fused-ring (bicyclic) bond motifs is 9. The maximum Gasteiger partial charge on any atom is 0.162 e. The van der Waals surface area contributed by atoms with Crippen LogP contribution in [0.5, 0.6) is 0 Å². The van der Waals surface area contributed by atoms with E-state index in [1.165, 1.54) is 43.4 Å². The van der Waals surface area contributed by atoms with Crippen LogP contribution in [0, 0.1) is 0 Å². The minimum Gasteiger partial charge on any atom is -0.309 e. The molecule has 0 N–H and O–H groups in total. The van der Waals surface area contributed by atoms with Crippen LogP contribution >= 0.6 is 0 Å². The summed E-state index contributed by atoms with van der Waals surface area (Å²) in [5, 5.41) is 7.28. The predicted octanol–water partition coefficient (Wildman–Crippen LogP) is 13.1. The van der Waals surface area contributed by atoms with Crippen molar-refractivity contribution in [3.8, 4) is 39.8 Å². The zero-order chi connectivity index (χ0) is 37.5. The predicted molar refractivity (Wildman–Crippen MR) is 236 cm³/mol. The minimum atomic E-state index is 0.685. The number of para-hydroxylation sites is 5. The summed E-state index contributed by atoms with van der Waals surface area (Å²) in [5.41, 5.74) is 12.0. The topological polar surface area (TPSA) is 40.6 Å². The second-order valence-corrected chi connectivity index (χ2v) is 14.6. The zero-order valence-electron chi connectivity index (χ0n) is 30.8. The molecule has 266 valence electrons. The third-order valence-corrected chi connectivity index (χ3v) is 11.4. The molecule has 0 saturated heterocycles. The Morgan fingerprint density at radius 2 is 0.719 bits per heavy atom. The average Bonchev–Trinajstić information content (AvgIpc) is 3.91. The first-order valence-electron chi connectivity index (χ1n) is 19.3. The van der Waals surface area contributed by atoms with Crippen LogP contribution in [-0.2, 0) is 0 Å². The fourth-order valence-electron chi connectivity index (χ4n) is 8.95. The van der Waals surface area contributed by atoms with Gasteiger partial charge in [0.2, 0.25) is 0 Å². The summed E-state index contributed by atoms with van der Waals surface area (Å²) in [6.45, 7) is 0. The van der Waals surface area contributed by atoms with Gasteiger partial charge in [0, 0.05) is 60.9 Å². The largest absolute Gasteiger partial charge is 0.309 e. The Balaban J connectivity index is 1.10. The Labute approximate surface area is 328 Å². The molecule has 0 aliphatic rings. The number of benzene rings is 8. The van der Waals surface area contributed by atoms with Gasteiger partial charge in [-0.05, 0) is 60.7 Å². The summed E-state index contributed by atoms with van der Waals surface area (Å²) < 4.78 is 7.08. The molecule has 0 fully saturated rings. The number of hydrogen-bond acceptors (Lipinski definition) is 2. The van der Waals surface area contributed by atoms with Gasteiger partial charge in [0.1, 0.15) is 5.82 Å². The first-order valence-corrected chi connectivity index (χ1v) is 19.3. The summed E-state index contributed by atoms with van der Waals surface area (Å²) in [7, 11) is 0. The van der Waals surface area contributed by atoms with Gasteiger partial charge >= 0.3 is 0 Å². The molecule has 8 aromatic carbocycles. The average molecular weight is 728 g/mol. The van der Waals surface area contributed by atoms with Crippen LogP contribution in [-0.4, -0.2) is 23.7 Å². The van der Waals surface area contributed by atoms with Gasteiger partial charge in [-0.1, -0.05) is 133 Å². The van der Waals surface area contributed by atoms with E-state index in [0.717, 1.165) is 56.1 Å². The molecule has 4 heterocycles. The number of rotatable bonds is 5. The molecular weight excluding hydrogens is 695 g/mol. The van der Waals surface area contributed by atoms with Crippen molar-refractivity contribution in [2.24, 2.45) is 0 Å². The standard InChI is InChI=1S/C52H33N5/c1-3-16-34(17-4-1)52-53-44(33-51(54-52)57-47-28-13-7-22-38(47)39-23-8-14-29-48(39)57)35-18-15-21-37(30-35)56-46-27-12-10-25-41(46)43-31-49-42(32-50(43)56)40-24-9-11-26-45(40)55(49)36-19-5-2-6-20-36/h1-33H. The second-order valence-electron chi connectivity index (χ2n) is 14.6. The first-order chi connectivity index (χ1) is 28.3. The van der Waals surface area contributed by atoms with Crippen LogP contribution in [0.25, 0.3) is 105 Å². The van der Waals surface area contributed by atoms with Crippen LogP contribution in [0.15, 0.2) is 200 Å². The van der Waals surface area contributed by atoms with Crippen molar-refractivity contribution < 1.29 is 0 Å². The fraction of sp³-hybridized carbons (Fsp3) is 0. The smallest absolute Gasteiger partial charge is 0.162 e. The van der Waals surface area contributed by atoms with Gasteiger partial charge in [-0.3, -0.25) is 4.57 Å². The highest BCUT2D eigenvalue weighted by molar-refractivity contribution is 6.19. The van der Waals surface area contributed by atoms with Gasteiger partial charge in [0.15, 0.2) is 5.82 Å². The molecule has 0 amide bonds. The van der Waals surface area contributed by atoms with E-state index in [4.69, 9.17) is 9.97 Å². The molecule has 12 rings (SSSR count). The van der Waals surface area contributed by atoms with Crippen LogP contribution in [0.1, 0.15) is 0 Å². The number of nitrogens with zero attached hydrogens (tertiary/aromatic N) is 5. The van der Waals surface area contributed by atoms with Gasteiger partial charge in [-0.2, -0.15) is 0 Å². The molecule has 0 aliphatic heterocycles. The van der Waals surface area contributed by atoms with Gasteiger partial charge in [0.25, 0.3) is 0 Å². The van der Waals surface area contributed by atoms with Gasteiger partial charge in [-0.25, -0.2) is 9.97 Å². The lowest BCUT2D eigenvalue weighted by Gasteiger charge is -2.13. The van der Waals surface area contributed by atoms with E-state index in [-0.39, 0.29) is 0 Å². The van der Waals surface area contributed by atoms with E-state index < -0.39 is 0 Å². The Bertz CT molecular complexity index is 3460. The Morgan fingerprint density at radius 1 is 0.281 bits per heavy atom. The van der Waals surface area contributed by atoms with E-state index in [9.17, 15) is 0 Å². The van der Waals surface area contributed by atoms with Crippen LogP contribution < -0.4 is 0 Å². The van der Waals surface area contributed by atoms with E-state index in [1.807, 2.05) is 18.2 Å². The third kappa shape index (κ3) is 4.82. The lowest BCUT2D eigenvalue weighted by molar-refractivity contribution is 1.05. The summed E-state index contributed by atoms with van der Waals surface area (Å²) in [5.74, 6) is 1.51. The van der Waals surface area contributed by atoms with E-state index in [1.54, 1.807) is 0 Å². The van der Waals surface area contributed by atoms with E-state index >= 15 is 0 Å². The van der Waals surface area contributed by atoms with Crippen molar-refractivity contribution in [1.82, 2.24) is 23.7 Å². The molecule has 0 unspecified atom stereocenters. The van der Waals surface area contributed by atoms with Gasteiger partial charge in [-0.15, -0.1) is 0 Å². The van der Waals surface area contributed by atoms with E-state index in [2.05, 4.69) is 196 Å². The fourth-order valence-corrected chi connectivity index (χ4v) is 8.95. The molecular formula is C52H33N5. The summed E-state index contributed by atoms with van der Waals surface area (Å²) in [6, 6.07) is 71.3. The molecule has 12 aromatic rings. The Kier molecular flexibility index (Phi) is 6.86. The molecule has 0 saturated carbocycles. The first kappa shape index (κ1) is 31.6. The molecule has 5 nitrogen and oxygen atoms in total. The number of aromatic nitrogens is 5. The van der Waals surface area contributed by atoms with E-state index in [0.29, 0.717) is 5.82 Å². The molecule has 4 aromatic heterocycles. The highest BCUT2D eigenvalue weighted by Crippen LogP contribution is 2.40. The van der Waals surface area contributed by atoms with Crippen LogP contribution in [0.3, 0.4) is 0 Å². The Hall–Kier alpha value is -7.76. The monoisotopic (exact) mass is 727 g/mol. The molecule has 0 atom stereocenters. The summed E-state index contributed by atoms with van der Waals surface area (Å²) in [6.07, 6.45) is 0. The van der Waals surface area contributed by atoms with Crippen molar-refractivity contribution in [3.63, 3.8) is 0 Å². The number of hydrogen-bond donors (Lipinski definition) is 0. The second kappa shape index (κ2) is 12.4. The maximum atomic E-state index is 5.26. The lowest BCUT2D eigenvalue weighted by atomic mass is 10.1. The van der Waals surface area contributed by atoms with Crippen LogP contribution in [0.4, 0.5) is 0 Å². The highest BCUT2D eigenvalue weighted by Gasteiger charge is 2.20. The van der Waals surface area contributed by atoms with Gasteiger partial charge < -0.3 is 9.13 Å². The lowest BCUT2D eigenvalue weighted by Crippen LogP contribution is -2.02. The van der Waals surface area contributed by atoms with Crippen molar-refractivity contribution in [2.45, 2.75) is 0 Å². The molecule has 57 heavy (non-hydrogen) atoms. The third-order valence-electron chi connectivity index (χ3n) is 11.4. The summed E-state index contributed by atoms with van der Waals surface area (Å²) >= 11 is 0. The molecule has 0 spiro atoms. The normalized spacial score (nSPS) is 11.9. The van der Waals surface area contributed by atoms with Crippen molar-refractivity contribution in [3.05, 3.63) is 200 Å². The molecule has 0 radical (unpaired) electrons. The Morgan fingerprint density at radius 3 is 1.30 bits per heavy atom. The SMILES string of the molecule is c1ccc(-c2nc(-c3cccc(-n4c5ccccc5c5cc6c(cc54)c4ccccc4n6-c4ccccc4)c3)cc(-n3c4ccccc4c4ccccc43)n2)cc1. The van der Waals surface area contributed by atoms with Crippen molar-refractivity contribution >= 4 is 65.4 Å². The quantitative estimate of drug-likeness (QED) is 0.177.